The largest absolute Gasteiger partial charge is 0.501 e. The van der Waals surface area contributed by atoms with Crippen molar-refractivity contribution >= 4 is 21.4 Å². The molecule has 0 aromatic heterocycles. The highest BCUT2D eigenvalue weighted by Gasteiger charge is 2.46. The zero-order chi connectivity index (χ0) is 18.8. The standard InChI is InChI=1S/C17H16F3NO3S/c1-3-12-6-4-5-11(2)15(12)21-16(22)13-7-9-14(10-8-13)25(23,24)17(18,19)20/h4-10H,3H2,1-2H3,(H,21,22). The minimum absolute atomic E-state index is 0.0615. The van der Waals surface area contributed by atoms with E-state index in [0.29, 0.717) is 12.1 Å². The quantitative estimate of drug-likeness (QED) is 0.880. The van der Waals surface area contributed by atoms with Gasteiger partial charge in [0, 0.05) is 11.3 Å². The van der Waals surface area contributed by atoms with Gasteiger partial charge in [0.05, 0.1) is 4.90 Å². The first-order chi connectivity index (χ1) is 11.6. The van der Waals surface area contributed by atoms with E-state index in [0.717, 1.165) is 35.4 Å². The average molecular weight is 371 g/mol. The first-order valence-electron chi connectivity index (χ1n) is 7.39. The van der Waals surface area contributed by atoms with Crippen LogP contribution in [-0.4, -0.2) is 19.8 Å². The lowest BCUT2D eigenvalue weighted by Crippen LogP contribution is -2.23. The highest BCUT2D eigenvalue weighted by Crippen LogP contribution is 2.30. The van der Waals surface area contributed by atoms with Crippen molar-refractivity contribution in [1.82, 2.24) is 0 Å². The molecule has 4 nitrogen and oxygen atoms in total. The summed E-state index contributed by atoms with van der Waals surface area (Å²) in [6.07, 6.45) is 0.695. The van der Waals surface area contributed by atoms with E-state index in [-0.39, 0.29) is 5.56 Å². The van der Waals surface area contributed by atoms with Crippen LogP contribution < -0.4 is 5.32 Å². The van der Waals surface area contributed by atoms with Crippen molar-refractivity contribution in [3.05, 3.63) is 59.2 Å². The Morgan fingerprint density at radius 1 is 1.08 bits per heavy atom. The second kappa shape index (κ2) is 6.87. The van der Waals surface area contributed by atoms with Crippen LogP contribution in [0, 0.1) is 6.92 Å². The molecule has 0 bridgehead atoms. The molecule has 0 saturated heterocycles. The number of carbonyl (C=O) groups excluding carboxylic acids is 1. The highest BCUT2D eigenvalue weighted by atomic mass is 32.2. The number of anilines is 1. The Morgan fingerprint density at radius 3 is 2.20 bits per heavy atom. The summed E-state index contributed by atoms with van der Waals surface area (Å²) < 4.78 is 60.2. The van der Waals surface area contributed by atoms with E-state index in [2.05, 4.69) is 5.32 Å². The molecule has 0 heterocycles. The van der Waals surface area contributed by atoms with Crippen LogP contribution >= 0.6 is 0 Å². The molecule has 25 heavy (non-hydrogen) atoms. The fourth-order valence-corrected chi connectivity index (χ4v) is 3.07. The normalized spacial score (nSPS) is 12.0. The minimum atomic E-state index is -5.43. The van der Waals surface area contributed by atoms with Crippen molar-refractivity contribution in [2.24, 2.45) is 0 Å². The molecule has 134 valence electrons. The van der Waals surface area contributed by atoms with E-state index < -0.39 is 26.1 Å². The number of para-hydroxylation sites is 1. The van der Waals surface area contributed by atoms with Gasteiger partial charge in [-0.05, 0) is 48.7 Å². The molecule has 0 spiro atoms. The number of hydrogen-bond acceptors (Lipinski definition) is 3. The molecule has 0 fully saturated rings. The summed E-state index contributed by atoms with van der Waals surface area (Å²) in [5.74, 6) is -0.528. The molecule has 1 amide bonds. The van der Waals surface area contributed by atoms with Crippen LogP contribution in [0.1, 0.15) is 28.4 Å². The van der Waals surface area contributed by atoms with Crippen LogP contribution in [0.3, 0.4) is 0 Å². The van der Waals surface area contributed by atoms with Crippen LogP contribution in [0.25, 0.3) is 0 Å². The second-order valence-electron chi connectivity index (χ2n) is 5.39. The van der Waals surface area contributed by atoms with Crippen LogP contribution in [0.2, 0.25) is 0 Å². The molecule has 2 aromatic rings. The van der Waals surface area contributed by atoms with Gasteiger partial charge in [-0.1, -0.05) is 25.1 Å². The molecule has 0 aliphatic heterocycles. The van der Waals surface area contributed by atoms with Crippen LogP contribution in [-0.2, 0) is 16.3 Å². The summed E-state index contributed by atoms with van der Waals surface area (Å²) in [6, 6.07) is 9.21. The van der Waals surface area contributed by atoms with Gasteiger partial charge in [0.1, 0.15) is 0 Å². The van der Waals surface area contributed by atoms with Gasteiger partial charge in [0.15, 0.2) is 0 Å². The lowest BCUT2D eigenvalue weighted by atomic mass is 10.1. The third-order valence-electron chi connectivity index (χ3n) is 3.71. The van der Waals surface area contributed by atoms with Crippen molar-refractivity contribution in [2.45, 2.75) is 30.7 Å². The number of nitrogens with one attached hydrogen (secondary N) is 1. The lowest BCUT2D eigenvalue weighted by Gasteiger charge is -2.13. The number of carbonyl (C=O) groups is 1. The summed E-state index contributed by atoms with van der Waals surface area (Å²) in [5, 5.41) is 2.72. The lowest BCUT2D eigenvalue weighted by molar-refractivity contribution is -0.0436. The molecular weight excluding hydrogens is 355 g/mol. The van der Waals surface area contributed by atoms with E-state index in [1.807, 2.05) is 32.0 Å². The Morgan fingerprint density at radius 2 is 1.68 bits per heavy atom. The van der Waals surface area contributed by atoms with Crippen molar-refractivity contribution < 1.29 is 26.4 Å². The number of amides is 1. The predicted molar refractivity (Wildman–Crippen MR) is 88.2 cm³/mol. The third-order valence-corrected chi connectivity index (χ3v) is 5.21. The maximum absolute atomic E-state index is 12.5. The van der Waals surface area contributed by atoms with Crippen molar-refractivity contribution in [1.29, 1.82) is 0 Å². The van der Waals surface area contributed by atoms with Gasteiger partial charge in [-0.25, -0.2) is 8.42 Å². The summed E-state index contributed by atoms with van der Waals surface area (Å²) >= 11 is 0. The number of alkyl halides is 3. The van der Waals surface area contributed by atoms with E-state index in [9.17, 15) is 26.4 Å². The van der Waals surface area contributed by atoms with E-state index in [1.54, 1.807) is 0 Å². The van der Waals surface area contributed by atoms with Crippen molar-refractivity contribution in [3.8, 4) is 0 Å². The number of sulfone groups is 1. The highest BCUT2D eigenvalue weighted by molar-refractivity contribution is 7.92. The number of benzene rings is 2. The fourth-order valence-electron chi connectivity index (χ4n) is 2.31. The average Bonchev–Trinajstić information content (AvgIpc) is 2.55. The zero-order valence-electron chi connectivity index (χ0n) is 13.5. The SMILES string of the molecule is CCc1cccc(C)c1NC(=O)c1ccc(S(=O)(=O)C(F)(F)F)cc1. The number of hydrogen-bond donors (Lipinski definition) is 1. The van der Waals surface area contributed by atoms with Gasteiger partial charge in [0.2, 0.25) is 0 Å². The van der Waals surface area contributed by atoms with Gasteiger partial charge in [-0.2, -0.15) is 13.2 Å². The summed E-state index contributed by atoms with van der Waals surface area (Å²) in [4.78, 5) is 11.4. The zero-order valence-corrected chi connectivity index (χ0v) is 14.3. The molecular formula is C17H16F3NO3S. The Bertz CT molecular complexity index is 888. The Kier molecular flexibility index (Phi) is 5.22. The van der Waals surface area contributed by atoms with Gasteiger partial charge in [-0.15, -0.1) is 0 Å². The third kappa shape index (κ3) is 3.84. The molecule has 0 aliphatic carbocycles. The molecule has 2 rings (SSSR count). The predicted octanol–water partition coefficient (Wildman–Crippen LogP) is 4.10. The smallest absolute Gasteiger partial charge is 0.321 e. The second-order valence-corrected chi connectivity index (χ2v) is 7.33. The first kappa shape index (κ1) is 19.0. The summed E-state index contributed by atoms with van der Waals surface area (Å²) in [6.45, 7) is 3.76. The van der Waals surface area contributed by atoms with Gasteiger partial charge < -0.3 is 5.32 Å². The van der Waals surface area contributed by atoms with Crippen LogP contribution in [0.5, 0.6) is 0 Å². The van der Waals surface area contributed by atoms with E-state index in [1.165, 1.54) is 0 Å². The molecule has 0 saturated carbocycles. The molecule has 0 radical (unpaired) electrons. The maximum atomic E-state index is 12.5. The van der Waals surface area contributed by atoms with E-state index in [4.69, 9.17) is 0 Å². The fraction of sp³-hybridized carbons (Fsp3) is 0.235. The van der Waals surface area contributed by atoms with E-state index >= 15 is 0 Å². The number of rotatable bonds is 4. The topological polar surface area (TPSA) is 63.2 Å². The molecule has 0 unspecified atom stereocenters. The Hall–Kier alpha value is -2.35. The van der Waals surface area contributed by atoms with Gasteiger partial charge in [0.25, 0.3) is 15.7 Å². The summed E-state index contributed by atoms with van der Waals surface area (Å²) in [5.41, 5.74) is -2.91. The van der Waals surface area contributed by atoms with Crippen LogP contribution in [0.4, 0.5) is 18.9 Å². The number of halogens is 3. The van der Waals surface area contributed by atoms with Gasteiger partial charge >= 0.3 is 5.51 Å². The molecule has 1 N–H and O–H groups in total. The monoisotopic (exact) mass is 371 g/mol. The van der Waals surface area contributed by atoms with Crippen molar-refractivity contribution in [2.75, 3.05) is 5.32 Å². The minimum Gasteiger partial charge on any atom is -0.321 e. The molecule has 0 atom stereocenters. The number of aryl methyl sites for hydroxylation is 2. The molecule has 8 heteroatoms. The molecule has 2 aromatic carbocycles. The maximum Gasteiger partial charge on any atom is 0.501 e. The molecule has 0 aliphatic rings. The first-order valence-corrected chi connectivity index (χ1v) is 8.87. The van der Waals surface area contributed by atoms with Crippen LogP contribution in [0.15, 0.2) is 47.4 Å². The van der Waals surface area contributed by atoms with Crippen molar-refractivity contribution in [3.63, 3.8) is 0 Å². The Labute approximate surface area is 143 Å². The Balaban J connectivity index is 2.28. The van der Waals surface area contributed by atoms with Gasteiger partial charge in [-0.3, -0.25) is 4.79 Å². The summed E-state index contributed by atoms with van der Waals surface area (Å²) in [7, 11) is -5.43.